The highest BCUT2D eigenvalue weighted by molar-refractivity contribution is 6.56. The molecule has 0 aliphatic carbocycles. The lowest BCUT2D eigenvalue weighted by atomic mass is 9.93. The van der Waals surface area contributed by atoms with Crippen molar-refractivity contribution in [3.8, 4) is 11.5 Å². The zero-order valence-corrected chi connectivity index (χ0v) is 13.5. The van der Waals surface area contributed by atoms with E-state index in [0.29, 0.717) is 28.1 Å². The van der Waals surface area contributed by atoms with Crippen LogP contribution in [0.4, 0.5) is 5.69 Å². The topological polar surface area (TPSA) is 55.8 Å². The van der Waals surface area contributed by atoms with Gasteiger partial charge in [-0.25, -0.2) is 0 Å². The number of Topliss-reactive ketones (excluding diaryl/α,β-unsaturated/α-hetero) is 1. The molecule has 3 aromatic rings. The van der Waals surface area contributed by atoms with Crippen molar-refractivity contribution in [1.29, 1.82) is 0 Å². The van der Waals surface area contributed by atoms with E-state index >= 15 is 0 Å². The first-order valence-electron chi connectivity index (χ1n) is 7.52. The highest BCUT2D eigenvalue weighted by Crippen LogP contribution is 2.47. The molecule has 0 atom stereocenters. The third-order valence-electron chi connectivity index (χ3n) is 4.56. The summed E-state index contributed by atoms with van der Waals surface area (Å²) < 4.78 is 11.0. The van der Waals surface area contributed by atoms with Gasteiger partial charge in [-0.05, 0) is 22.9 Å². The Bertz CT molecular complexity index is 1040. The monoisotopic (exact) mass is 321 g/mol. The van der Waals surface area contributed by atoms with Crippen LogP contribution in [0.2, 0.25) is 0 Å². The highest BCUT2D eigenvalue weighted by atomic mass is 16.5. The number of nitrogens with zero attached hydrogens (tertiary/aromatic N) is 1. The number of carbonyl (C=O) groups is 2. The maximum absolute atomic E-state index is 12.6. The van der Waals surface area contributed by atoms with E-state index in [0.717, 1.165) is 16.2 Å². The van der Waals surface area contributed by atoms with Crippen LogP contribution in [0.25, 0.3) is 21.5 Å². The molecule has 1 heterocycles. The van der Waals surface area contributed by atoms with Crippen molar-refractivity contribution in [3.63, 3.8) is 0 Å². The molecule has 5 nitrogen and oxygen atoms in total. The first kappa shape index (κ1) is 14.5. The van der Waals surface area contributed by atoms with E-state index < -0.39 is 11.7 Å². The number of anilines is 1. The van der Waals surface area contributed by atoms with Gasteiger partial charge in [-0.1, -0.05) is 24.3 Å². The van der Waals surface area contributed by atoms with Crippen molar-refractivity contribution < 1.29 is 19.1 Å². The van der Waals surface area contributed by atoms with Gasteiger partial charge in [0.25, 0.3) is 11.7 Å². The van der Waals surface area contributed by atoms with Crippen molar-refractivity contribution in [1.82, 2.24) is 0 Å². The van der Waals surface area contributed by atoms with E-state index in [2.05, 4.69) is 0 Å². The van der Waals surface area contributed by atoms with Gasteiger partial charge in [0, 0.05) is 17.8 Å². The fourth-order valence-electron chi connectivity index (χ4n) is 3.51. The molecular formula is C19H15NO4. The van der Waals surface area contributed by atoms with Crippen molar-refractivity contribution in [2.75, 3.05) is 26.2 Å². The Labute approximate surface area is 138 Å². The van der Waals surface area contributed by atoms with E-state index in [1.165, 1.54) is 4.90 Å². The second kappa shape index (κ2) is 4.96. The third kappa shape index (κ3) is 1.64. The van der Waals surface area contributed by atoms with E-state index in [-0.39, 0.29) is 0 Å². The first-order valence-corrected chi connectivity index (χ1v) is 7.52. The maximum atomic E-state index is 12.6. The van der Waals surface area contributed by atoms with Gasteiger partial charge in [0.1, 0.15) is 0 Å². The van der Waals surface area contributed by atoms with Gasteiger partial charge in [-0.3, -0.25) is 9.59 Å². The van der Waals surface area contributed by atoms with E-state index in [9.17, 15) is 9.59 Å². The molecule has 4 rings (SSSR count). The van der Waals surface area contributed by atoms with Gasteiger partial charge in [-0.2, -0.15) is 0 Å². The predicted octanol–water partition coefficient (Wildman–Crippen LogP) is 3.17. The summed E-state index contributed by atoms with van der Waals surface area (Å²) in [7, 11) is 4.77. The lowest BCUT2D eigenvalue weighted by molar-refractivity contribution is -0.114. The summed E-state index contributed by atoms with van der Waals surface area (Å²) in [5.41, 5.74) is 1.08. The minimum Gasteiger partial charge on any atom is -0.493 e. The molecule has 24 heavy (non-hydrogen) atoms. The minimum absolute atomic E-state index is 0.428. The van der Waals surface area contributed by atoms with Crippen LogP contribution in [-0.4, -0.2) is 33.0 Å². The highest BCUT2D eigenvalue weighted by Gasteiger charge is 2.37. The van der Waals surface area contributed by atoms with E-state index in [1.54, 1.807) is 27.3 Å². The smallest absolute Gasteiger partial charge is 0.299 e. The molecule has 0 bridgehead atoms. The number of rotatable bonds is 2. The summed E-state index contributed by atoms with van der Waals surface area (Å²) in [6, 6.07) is 11.3. The standard InChI is InChI=1S/C19H15NO4/c1-20-16-11-7-5-4-6-10(11)14-12(15(16)17(21)19(20)22)8-9-13(23-2)18(14)24-3/h4-9H,1-3H3. The summed E-state index contributed by atoms with van der Waals surface area (Å²) >= 11 is 0. The van der Waals surface area contributed by atoms with E-state index in [4.69, 9.17) is 9.47 Å². The number of carbonyl (C=O) groups excluding carboxylic acids is 2. The Morgan fingerprint density at radius 1 is 0.875 bits per heavy atom. The van der Waals surface area contributed by atoms with Crippen LogP contribution in [0.1, 0.15) is 10.4 Å². The van der Waals surface area contributed by atoms with Crippen LogP contribution < -0.4 is 14.4 Å². The van der Waals surface area contributed by atoms with Crippen LogP contribution in [0.3, 0.4) is 0 Å². The molecule has 120 valence electrons. The molecule has 0 unspecified atom stereocenters. The minimum atomic E-state index is -0.516. The molecule has 1 aliphatic heterocycles. The first-order chi connectivity index (χ1) is 11.6. The Morgan fingerprint density at radius 3 is 2.25 bits per heavy atom. The number of benzene rings is 3. The number of ketones is 1. The molecule has 0 aromatic heterocycles. The number of ether oxygens (including phenoxy) is 2. The average Bonchev–Trinajstić information content (AvgIpc) is 2.85. The molecule has 0 fully saturated rings. The molecular weight excluding hydrogens is 306 g/mol. The summed E-state index contributed by atoms with van der Waals surface area (Å²) in [5.74, 6) is 0.136. The van der Waals surface area contributed by atoms with Crippen molar-refractivity contribution in [2.24, 2.45) is 0 Å². The number of amides is 1. The Hall–Kier alpha value is -3.08. The zero-order valence-electron chi connectivity index (χ0n) is 13.5. The molecule has 0 saturated heterocycles. The van der Waals surface area contributed by atoms with Crippen LogP contribution in [-0.2, 0) is 4.79 Å². The van der Waals surface area contributed by atoms with Gasteiger partial charge in [0.2, 0.25) is 0 Å². The third-order valence-corrected chi connectivity index (χ3v) is 4.56. The Morgan fingerprint density at radius 2 is 1.58 bits per heavy atom. The largest absolute Gasteiger partial charge is 0.493 e. The SMILES string of the molecule is COc1ccc2c3c(c4ccccc4c2c1OC)N(C)C(=O)C3=O. The molecule has 0 N–H and O–H groups in total. The Balaban J connectivity index is 2.32. The van der Waals surface area contributed by atoms with Crippen LogP contribution in [0, 0.1) is 0 Å². The fraction of sp³-hybridized carbons (Fsp3) is 0.158. The van der Waals surface area contributed by atoms with Crippen LogP contribution in [0.5, 0.6) is 11.5 Å². The van der Waals surface area contributed by atoms with Gasteiger partial charge < -0.3 is 14.4 Å². The van der Waals surface area contributed by atoms with E-state index in [1.807, 2.05) is 30.3 Å². The lowest BCUT2D eigenvalue weighted by Gasteiger charge is -2.17. The number of hydrogen-bond acceptors (Lipinski definition) is 4. The maximum Gasteiger partial charge on any atom is 0.299 e. The normalized spacial score (nSPS) is 13.7. The summed E-state index contributed by atoms with van der Waals surface area (Å²) in [4.78, 5) is 26.2. The van der Waals surface area contributed by atoms with Gasteiger partial charge in [0.15, 0.2) is 11.5 Å². The molecule has 3 aromatic carbocycles. The molecule has 1 aliphatic rings. The number of likely N-dealkylation sites (N-methyl/N-ethyl adjacent to an activating group) is 1. The Kier molecular flexibility index (Phi) is 3.00. The van der Waals surface area contributed by atoms with Gasteiger partial charge >= 0.3 is 0 Å². The molecule has 0 spiro atoms. The summed E-state index contributed by atoms with van der Waals surface area (Å²) in [6.07, 6.45) is 0. The molecule has 1 amide bonds. The molecule has 5 heteroatoms. The average molecular weight is 321 g/mol. The van der Waals surface area contributed by atoms with Gasteiger partial charge in [-0.15, -0.1) is 0 Å². The van der Waals surface area contributed by atoms with Crippen molar-refractivity contribution in [2.45, 2.75) is 0 Å². The second-order valence-corrected chi connectivity index (χ2v) is 5.69. The number of hydrogen-bond donors (Lipinski definition) is 0. The van der Waals surface area contributed by atoms with Crippen LogP contribution >= 0.6 is 0 Å². The van der Waals surface area contributed by atoms with Crippen molar-refractivity contribution >= 4 is 38.9 Å². The number of methoxy groups -OCH3 is 2. The fourth-order valence-corrected chi connectivity index (χ4v) is 3.51. The van der Waals surface area contributed by atoms with Gasteiger partial charge in [0.05, 0.1) is 25.5 Å². The summed E-state index contributed by atoms with van der Waals surface area (Å²) in [6.45, 7) is 0. The number of fused-ring (bicyclic) bond motifs is 6. The second-order valence-electron chi connectivity index (χ2n) is 5.69. The summed E-state index contributed by atoms with van der Waals surface area (Å²) in [5, 5.41) is 3.23. The zero-order chi connectivity index (χ0) is 17.0. The van der Waals surface area contributed by atoms with Crippen LogP contribution in [0.15, 0.2) is 36.4 Å². The van der Waals surface area contributed by atoms with Crippen molar-refractivity contribution in [3.05, 3.63) is 42.0 Å². The predicted molar refractivity (Wildman–Crippen MR) is 92.3 cm³/mol. The molecule has 0 saturated carbocycles. The quantitative estimate of drug-likeness (QED) is 0.537. The lowest BCUT2D eigenvalue weighted by Crippen LogP contribution is -2.24. The molecule has 0 radical (unpaired) electrons.